The van der Waals surface area contributed by atoms with Gasteiger partial charge in [-0.3, -0.25) is 4.79 Å². The molecular formula is C24H24F2O. The standard InChI is InChI=1S/C24H24F2O/c1-24(2,3)20-14-18(10-16-6-4-8-21(25)12-16)23(27)19(15-20)11-17-7-5-9-22(26)13-17/h4-13,20H,14-15H2,1-3H3. The highest BCUT2D eigenvalue weighted by molar-refractivity contribution is 6.14. The van der Waals surface area contributed by atoms with Crippen molar-refractivity contribution in [2.24, 2.45) is 11.3 Å². The van der Waals surface area contributed by atoms with E-state index in [4.69, 9.17) is 0 Å². The van der Waals surface area contributed by atoms with E-state index in [9.17, 15) is 13.6 Å². The third kappa shape index (κ3) is 4.79. The minimum Gasteiger partial charge on any atom is -0.289 e. The van der Waals surface area contributed by atoms with Gasteiger partial charge >= 0.3 is 0 Å². The Hall–Kier alpha value is -2.55. The summed E-state index contributed by atoms with van der Waals surface area (Å²) in [6.45, 7) is 6.48. The zero-order valence-corrected chi connectivity index (χ0v) is 15.9. The molecule has 0 spiro atoms. The highest BCUT2D eigenvalue weighted by Crippen LogP contribution is 2.41. The summed E-state index contributed by atoms with van der Waals surface area (Å²) in [7, 11) is 0. The Morgan fingerprint density at radius 2 is 1.30 bits per heavy atom. The molecule has 0 aromatic heterocycles. The Kier molecular flexibility index (Phi) is 5.41. The van der Waals surface area contributed by atoms with Gasteiger partial charge in [-0.05, 0) is 71.7 Å². The van der Waals surface area contributed by atoms with Gasteiger partial charge in [-0.1, -0.05) is 45.0 Å². The van der Waals surface area contributed by atoms with E-state index >= 15 is 0 Å². The van der Waals surface area contributed by atoms with Crippen LogP contribution in [0.2, 0.25) is 0 Å². The Morgan fingerprint density at radius 1 is 0.852 bits per heavy atom. The van der Waals surface area contributed by atoms with Gasteiger partial charge in [-0.15, -0.1) is 0 Å². The van der Waals surface area contributed by atoms with Gasteiger partial charge in [0, 0.05) is 11.1 Å². The Morgan fingerprint density at radius 3 is 1.67 bits per heavy atom. The molecular weight excluding hydrogens is 342 g/mol. The maximum absolute atomic E-state index is 13.5. The topological polar surface area (TPSA) is 17.1 Å². The summed E-state index contributed by atoms with van der Waals surface area (Å²) in [5.41, 5.74) is 2.72. The normalized spacial score (nSPS) is 21.1. The highest BCUT2D eigenvalue weighted by Gasteiger charge is 2.34. The van der Waals surface area contributed by atoms with E-state index in [1.807, 2.05) is 0 Å². The summed E-state index contributed by atoms with van der Waals surface area (Å²) in [5.74, 6) is -0.412. The molecule has 140 valence electrons. The number of allylic oxidation sites excluding steroid dienone is 2. The number of carbonyl (C=O) groups excluding carboxylic acids is 1. The first-order valence-corrected chi connectivity index (χ1v) is 9.19. The smallest absolute Gasteiger partial charge is 0.185 e. The Balaban J connectivity index is 2.02. The summed E-state index contributed by atoms with van der Waals surface area (Å²) >= 11 is 0. The lowest BCUT2D eigenvalue weighted by molar-refractivity contribution is -0.113. The fourth-order valence-corrected chi connectivity index (χ4v) is 3.45. The van der Waals surface area contributed by atoms with E-state index < -0.39 is 0 Å². The third-order valence-corrected chi connectivity index (χ3v) is 5.12. The zero-order chi connectivity index (χ0) is 19.6. The van der Waals surface area contributed by atoms with Crippen molar-refractivity contribution in [2.45, 2.75) is 33.6 Å². The van der Waals surface area contributed by atoms with Crippen LogP contribution in [0.4, 0.5) is 8.78 Å². The van der Waals surface area contributed by atoms with Crippen LogP contribution in [0.1, 0.15) is 44.7 Å². The van der Waals surface area contributed by atoms with Gasteiger partial charge in [0.25, 0.3) is 0 Å². The SMILES string of the molecule is CC(C)(C)C1CC(=Cc2cccc(F)c2)C(=O)C(=Cc2cccc(F)c2)C1. The van der Waals surface area contributed by atoms with Crippen LogP contribution in [0.3, 0.4) is 0 Å². The van der Waals surface area contributed by atoms with Gasteiger partial charge in [-0.25, -0.2) is 8.78 Å². The van der Waals surface area contributed by atoms with Crippen LogP contribution in [-0.4, -0.2) is 5.78 Å². The molecule has 0 amide bonds. The molecule has 0 saturated heterocycles. The van der Waals surface area contributed by atoms with Crippen molar-refractivity contribution in [3.63, 3.8) is 0 Å². The highest BCUT2D eigenvalue weighted by atomic mass is 19.1. The van der Waals surface area contributed by atoms with Crippen molar-refractivity contribution in [2.75, 3.05) is 0 Å². The second-order valence-corrected chi connectivity index (χ2v) is 8.25. The fraction of sp³-hybridized carbons (Fsp3) is 0.292. The minimum atomic E-state index is -0.324. The molecule has 27 heavy (non-hydrogen) atoms. The average Bonchev–Trinajstić information content (AvgIpc) is 2.57. The average molecular weight is 366 g/mol. The minimum absolute atomic E-state index is 0.0166. The van der Waals surface area contributed by atoms with E-state index in [-0.39, 0.29) is 28.8 Å². The molecule has 1 nitrogen and oxygen atoms in total. The first-order valence-electron chi connectivity index (χ1n) is 9.19. The maximum atomic E-state index is 13.5. The molecule has 1 fully saturated rings. The fourth-order valence-electron chi connectivity index (χ4n) is 3.45. The van der Waals surface area contributed by atoms with Crippen LogP contribution in [0.15, 0.2) is 59.7 Å². The summed E-state index contributed by atoms with van der Waals surface area (Å²) < 4.78 is 27.1. The number of halogens is 2. The second kappa shape index (κ2) is 7.59. The number of benzene rings is 2. The Labute approximate surface area is 159 Å². The molecule has 0 aliphatic heterocycles. The quantitative estimate of drug-likeness (QED) is 0.558. The van der Waals surface area contributed by atoms with E-state index in [0.717, 1.165) is 0 Å². The van der Waals surface area contributed by atoms with E-state index in [0.29, 0.717) is 35.1 Å². The number of hydrogen-bond acceptors (Lipinski definition) is 1. The summed E-state index contributed by atoms with van der Waals surface area (Å²) in [6, 6.07) is 12.5. The van der Waals surface area contributed by atoms with Crippen LogP contribution in [0.5, 0.6) is 0 Å². The van der Waals surface area contributed by atoms with Gasteiger partial charge in [0.05, 0.1) is 0 Å². The zero-order valence-electron chi connectivity index (χ0n) is 15.9. The van der Waals surface area contributed by atoms with Crippen LogP contribution >= 0.6 is 0 Å². The Bertz CT molecular complexity index is 848. The molecule has 2 aromatic rings. The molecule has 3 heteroatoms. The van der Waals surface area contributed by atoms with Gasteiger partial charge in [0.15, 0.2) is 5.78 Å². The van der Waals surface area contributed by atoms with Crippen molar-refractivity contribution in [1.82, 2.24) is 0 Å². The molecule has 1 aliphatic rings. The van der Waals surface area contributed by atoms with Gasteiger partial charge in [0.1, 0.15) is 11.6 Å². The molecule has 0 radical (unpaired) electrons. The second-order valence-electron chi connectivity index (χ2n) is 8.25. The van der Waals surface area contributed by atoms with Crippen molar-refractivity contribution in [3.05, 3.63) is 82.4 Å². The number of rotatable bonds is 2. The van der Waals surface area contributed by atoms with Crippen molar-refractivity contribution in [3.8, 4) is 0 Å². The van der Waals surface area contributed by atoms with Crippen LogP contribution in [0, 0.1) is 23.0 Å². The molecule has 0 atom stereocenters. The third-order valence-electron chi connectivity index (χ3n) is 5.12. The molecule has 1 aliphatic carbocycles. The maximum Gasteiger partial charge on any atom is 0.185 e. The molecule has 0 N–H and O–H groups in total. The van der Waals surface area contributed by atoms with Crippen molar-refractivity contribution >= 4 is 17.9 Å². The largest absolute Gasteiger partial charge is 0.289 e. The molecule has 0 unspecified atom stereocenters. The number of ketones is 1. The number of carbonyl (C=O) groups is 1. The van der Waals surface area contributed by atoms with Crippen molar-refractivity contribution in [1.29, 1.82) is 0 Å². The lowest BCUT2D eigenvalue weighted by Gasteiger charge is -2.35. The van der Waals surface area contributed by atoms with Crippen LogP contribution in [0.25, 0.3) is 12.2 Å². The predicted molar refractivity (Wildman–Crippen MR) is 106 cm³/mol. The number of Topliss-reactive ketones (excluding diaryl/α,β-unsaturated/α-hetero) is 1. The summed E-state index contributed by atoms with van der Waals surface area (Å²) in [4.78, 5) is 13.1. The summed E-state index contributed by atoms with van der Waals surface area (Å²) in [5, 5.41) is 0. The summed E-state index contributed by atoms with van der Waals surface area (Å²) in [6.07, 6.45) is 4.87. The number of hydrogen-bond donors (Lipinski definition) is 0. The van der Waals surface area contributed by atoms with E-state index in [1.165, 1.54) is 24.3 Å². The van der Waals surface area contributed by atoms with E-state index in [2.05, 4.69) is 20.8 Å². The lowest BCUT2D eigenvalue weighted by atomic mass is 9.68. The van der Waals surface area contributed by atoms with Gasteiger partial charge in [0.2, 0.25) is 0 Å². The first-order chi connectivity index (χ1) is 12.7. The molecule has 2 aromatic carbocycles. The molecule has 0 bridgehead atoms. The predicted octanol–water partition coefficient (Wildman–Crippen LogP) is 6.46. The lowest BCUT2D eigenvalue weighted by Crippen LogP contribution is -2.29. The molecule has 0 heterocycles. The first kappa shape index (κ1) is 19.2. The van der Waals surface area contributed by atoms with Gasteiger partial charge < -0.3 is 0 Å². The van der Waals surface area contributed by atoms with Gasteiger partial charge in [-0.2, -0.15) is 0 Å². The van der Waals surface area contributed by atoms with Crippen LogP contribution in [-0.2, 0) is 4.79 Å². The van der Waals surface area contributed by atoms with Crippen molar-refractivity contribution < 1.29 is 13.6 Å². The van der Waals surface area contributed by atoms with E-state index in [1.54, 1.807) is 36.4 Å². The molecule has 3 rings (SSSR count). The molecule has 1 saturated carbocycles. The van der Waals surface area contributed by atoms with Crippen LogP contribution < -0.4 is 0 Å². The monoisotopic (exact) mass is 366 g/mol.